The van der Waals surface area contributed by atoms with Crippen LogP contribution in [0.5, 0.6) is 0 Å². The summed E-state index contributed by atoms with van der Waals surface area (Å²) in [6.45, 7) is 0.0628. The number of rotatable bonds is 19. The van der Waals surface area contributed by atoms with Crippen LogP contribution < -0.4 is 16.0 Å². The van der Waals surface area contributed by atoms with Gasteiger partial charge in [-0.1, -0.05) is 6.07 Å². The third kappa shape index (κ3) is 11.1. The molecule has 66 heavy (non-hydrogen) atoms. The van der Waals surface area contributed by atoms with E-state index in [9.17, 15) is 50.7 Å². The maximum Gasteiger partial charge on any atom is 0.405 e. The van der Waals surface area contributed by atoms with Gasteiger partial charge in [-0.15, -0.1) is 0 Å². The van der Waals surface area contributed by atoms with Crippen LogP contribution in [0.2, 0.25) is 0 Å². The Morgan fingerprint density at radius 1 is 0.970 bits per heavy atom. The van der Waals surface area contributed by atoms with E-state index in [0.717, 1.165) is 27.6 Å². The number of nitrogens with zero attached hydrogens (tertiary/aromatic N) is 6. The fourth-order valence-corrected chi connectivity index (χ4v) is 6.98. The summed E-state index contributed by atoms with van der Waals surface area (Å²) < 4.78 is 83.5. The molecular weight excluding hydrogens is 882 g/mol. The lowest BCUT2D eigenvalue weighted by Gasteiger charge is -2.27. The average Bonchev–Trinajstić information content (AvgIpc) is 4.02. The van der Waals surface area contributed by atoms with E-state index in [1.54, 1.807) is 25.2 Å². The third-order valence-corrected chi connectivity index (χ3v) is 10.3. The summed E-state index contributed by atoms with van der Waals surface area (Å²) in [5.74, 6) is -3.76. The zero-order valence-electron chi connectivity index (χ0n) is 34.9. The molecule has 3 N–H and O–H groups in total. The number of ether oxygens (including phenoxy) is 2. The molecule has 23 heteroatoms. The molecule has 1 fully saturated rings. The van der Waals surface area contributed by atoms with Gasteiger partial charge in [-0.05, 0) is 73.4 Å². The number of imide groups is 2. The highest BCUT2D eigenvalue weighted by Crippen LogP contribution is 2.30. The molecule has 2 aliphatic rings. The Morgan fingerprint density at radius 2 is 1.71 bits per heavy atom. The van der Waals surface area contributed by atoms with Crippen molar-refractivity contribution < 1.29 is 64.6 Å². The van der Waals surface area contributed by atoms with Gasteiger partial charge in [-0.2, -0.15) is 18.3 Å². The molecule has 0 saturated carbocycles. The van der Waals surface area contributed by atoms with Gasteiger partial charge in [-0.3, -0.25) is 39.0 Å². The lowest BCUT2D eigenvalue weighted by atomic mass is 10.0. The van der Waals surface area contributed by atoms with E-state index in [1.807, 2.05) is 0 Å². The van der Waals surface area contributed by atoms with Crippen molar-refractivity contribution in [3.63, 3.8) is 0 Å². The van der Waals surface area contributed by atoms with Crippen LogP contribution >= 0.6 is 0 Å². The van der Waals surface area contributed by atoms with Gasteiger partial charge in [0.05, 0.1) is 48.5 Å². The predicted molar refractivity (Wildman–Crippen MR) is 221 cm³/mol. The summed E-state index contributed by atoms with van der Waals surface area (Å²) >= 11 is 0. The third-order valence-electron chi connectivity index (χ3n) is 10.3. The molecule has 2 aromatic carbocycles. The SMILES string of the molecule is CN(CCOCCOCCCc1ccc2c(c1)C(=O)N(C1CCC(=O)NC1=O)C2=O)C(=O)c1ccc(-n2cc(NC(=O)c3coc(-c4ccnc(NCC(F)(F)F)c4)n3)c(C(F)F)n2)cc1. The molecule has 5 heterocycles. The van der Waals surface area contributed by atoms with Crippen LogP contribution in [-0.4, -0.2) is 124 Å². The second-order valence-corrected chi connectivity index (χ2v) is 15.0. The van der Waals surface area contributed by atoms with Crippen molar-refractivity contribution in [3.8, 4) is 17.1 Å². The Morgan fingerprint density at radius 3 is 2.44 bits per heavy atom. The number of pyridine rings is 1. The number of oxazole rings is 1. The minimum atomic E-state index is -4.49. The zero-order chi connectivity index (χ0) is 47.1. The Hall–Kier alpha value is -7.40. The number of fused-ring (bicyclic) bond motifs is 1. The first-order valence-electron chi connectivity index (χ1n) is 20.3. The number of aromatic nitrogens is 4. The van der Waals surface area contributed by atoms with Gasteiger partial charge in [0.1, 0.15) is 24.7 Å². The first-order valence-corrected chi connectivity index (χ1v) is 20.3. The van der Waals surface area contributed by atoms with Crippen molar-refractivity contribution in [1.82, 2.24) is 34.9 Å². The van der Waals surface area contributed by atoms with Crippen LogP contribution in [-0.2, 0) is 25.5 Å². The molecule has 0 spiro atoms. The van der Waals surface area contributed by atoms with E-state index >= 15 is 0 Å². The van der Waals surface area contributed by atoms with Crippen molar-refractivity contribution in [1.29, 1.82) is 0 Å². The average molecular weight is 922 g/mol. The summed E-state index contributed by atoms with van der Waals surface area (Å²) in [6, 6.07) is 12.5. The number of halogens is 5. The smallest absolute Gasteiger partial charge is 0.405 e. The minimum Gasteiger partial charge on any atom is -0.444 e. The number of amides is 6. The van der Waals surface area contributed by atoms with Crippen molar-refractivity contribution in [2.24, 2.45) is 0 Å². The molecule has 3 aromatic heterocycles. The van der Waals surface area contributed by atoms with Crippen LogP contribution in [0.15, 0.2) is 77.7 Å². The topological polar surface area (TPSA) is 220 Å². The molecule has 6 amide bonds. The first kappa shape index (κ1) is 46.6. The van der Waals surface area contributed by atoms with Gasteiger partial charge >= 0.3 is 6.18 Å². The number of hydrogen-bond donors (Lipinski definition) is 3. The number of alkyl halides is 5. The molecule has 1 unspecified atom stereocenters. The number of anilines is 2. The molecule has 1 atom stereocenters. The molecular formula is C43H40F5N9O9. The summed E-state index contributed by atoms with van der Waals surface area (Å²) in [7, 11) is 1.59. The highest BCUT2D eigenvalue weighted by atomic mass is 19.4. The second-order valence-electron chi connectivity index (χ2n) is 15.0. The Labute approximate surface area is 371 Å². The van der Waals surface area contributed by atoms with Crippen molar-refractivity contribution in [2.75, 3.05) is 57.2 Å². The van der Waals surface area contributed by atoms with Gasteiger partial charge in [-0.25, -0.2) is 23.4 Å². The van der Waals surface area contributed by atoms with E-state index in [4.69, 9.17) is 13.9 Å². The number of piperidine rings is 1. The van der Waals surface area contributed by atoms with Crippen LogP contribution in [0.25, 0.3) is 17.1 Å². The standard InChI is InChI=1S/C43H40F5N9O9/c1-55(14-16-65-18-17-64-15-2-3-24-4-9-28-29(19-24)42(63)57(41(28)62)32-10-11-34(58)53-38(32)60)40(61)25-5-7-27(8-6-25)56-21-30(35(54-56)36(44)45)51-37(59)31-22-66-39(52-31)26-12-13-49-33(20-26)50-23-43(46,47)48/h4-9,12-13,19-22,32,36H,2-3,10-11,14-18,23H2,1H3,(H,49,50)(H,51,59)(H,53,58,60). The van der Waals surface area contributed by atoms with Gasteiger partial charge in [0.25, 0.3) is 30.1 Å². The predicted octanol–water partition coefficient (Wildman–Crippen LogP) is 5.23. The molecule has 346 valence electrons. The summed E-state index contributed by atoms with van der Waals surface area (Å²) in [5.41, 5.74) is 0.649. The van der Waals surface area contributed by atoms with E-state index in [1.165, 1.54) is 47.5 Å². The number of nitrogens with one attached hydrogen (secondary N) is 3. The monoisotopic (exact) mass is 921 g/mol. The lowest BCUT2D eigenvalue weighted by Crippen LogP contribution is -2.54. The number of likely N-dealkylation sites (N-methyl/N-ethyl adjacent to an activating group) is 1. The molecule has 18 nitrogen and oxygen atoms in total. The summed E-state index contributed by atoms with van der Waals surface area (Å²) in [6.07, 6.45) is -2.96. The van der Waals surface area contributed by atoms with Crippen LogP contribution in [0, 0.1) is 0 Å². The van der Waals surface area contributed by atoms with Crippen LogP contribution in [0.4, 0.5) is 33.5 Å². The number of hydrogen-bond acceptors (Lipinski definition) is 13. The van der Waals surface area contributed by atoms with Crippen LogP contribution in [0.1, 0.15) is 78.5 Å². The van der Waals surface area contributed by atoms with Gasteiger partial charge in [0.2, 0.25) is 17.7 Å². The van der Waals surface area contributed by atoms with Crippen molar-refractivity contribution in [3.05, 3.63) is 107 Å². The normalized spacial score (nSPS) is 15.0. The lowest BCUT2D eigenvalue weighted by molar-refractivity contribution is -0.136. The van der Waals surface area contributed by atoms with Gasteiger partial charge in [0.15, 0.2) is 11.4 Å². The number of benzene rings is 2. The molecule has 7 rings (SSSR count). The minimum absolute atomic E-state index is 0.0383. The van der Waals surface area contributed by atoms with Gasteiger partial charge in [0, 0.05) is 43.9 Å². The molecule has 0 radical (unpaired) electrons. The fraction of sp³-hybridized carbons (Fsp3) is 0.326. The van der Waals surface area contributed by atoms with Crippen molar-refractivity contribution in [2.45, 2.75) is 44.3 Å². The zero-order valence-corrected chi connectivity index (χ0v) is 34.9. The molecule has 2 aliphatic heterocycles. The fourth-order valence-electron chi connectivity index (χ4n) is 6.98. The quantitative estimate of drug-likeness (QED) is 0.0550. The second kappa shape index (κ2) is 20.2. The largest absolute Gasteiger partial charge is 0.444 e. The van der Waals surface area contributed by atoms with E-state index in [0.29, 0.717) is 30.7 Å². The van der Waals surface area contributed by atoms with Crippen molar-refractivity contribution >= 4 is 46.9 Å². The van der Waals surface area contributed by atoms with Gasteiger partial charge < -0.3 is 29.4 Å². The van der Waals surface area contributed by atoms with E-state index < -0.39 is 60.4 Å². The molecule has 0 aliphatic carbocycles. The number of aryl methyl sites for hydroxylation is 1. The van der Waals surface area contributed by atoms with E-state index in [-0.39, 0.29) is 84.9 Å². The highest BCUT2D eigenvalue weighted by Gasteiger charge is 2.44. The molecule has 5 aromatic rings. The number of carbonyl (C=O) groups is 6. The Bertz CT molecular complexity index is 2630. The molecule has 1 saturated heterocycles. The Balaban J connectivity index is 0.822. The van der Waals surface area contributed by atoms with E-state index in [2.05, 4.69) is 31.0 Å². The number of carbonyl (C=O) groups excluding carboxylic acids is 6. The Kier molecular flexibility index (Phi) is 14.3. The highest BCUT2D eigenvalue weighted by molar-refractivity contribution is 6.23. The maximum atomic E-state index is 14.0. The summed E-state index contributed by atoms with van der Waals surface area (Å²) in [5, 5.41) is 10.5. The maximum absolute atomic E-state index is 14.0. The first-order chi connectivity index (χ1) is 31.6. The van der Waals surface area contributed by atoms with Crippen LogP contribution in [0.3, 0.4) is 0 Å². The molecule has 0 bridgehead atoms. The summed E-state index contributed by atoms with van der Waals surface area (Å²) in [4.78, 5) is 86.1.